The number of rotatable bonds is 1. The van der Waals surface area contributed by atoms with Gasteiger partial charge in [-0.1, -0.05) is 43.4 Å². The van der Waals surface area contributed by atoms with E-state index in [9.17, 15) is 0 Å². The molecule has 1 aromatic carbocycles. The maximum atomic E-state index is 3.49. The van der Waals surface area contributed by atoms with Crippen molar-refractivity contribution < 1.29 is 0 Å². The SMILES string of the molecule is CS#C[Si](C)(C)c1ccccc1. The second-order valence-corrected chi connectivity index (χ2v) is 8.35. The summed E-state index contributed by atoms with van der Waals surface area (Å²) in [6, 6.07) is 10.7. The van der Waals surface area contributed by atoms with Gasteiger partial charge in [0, 0.05) is 6.26 Å². The highest BCUT2D eigenvalue weighted by Crippen LogP contribution is 2.02. The third-order valence-electron chi connectivity index (χ3n) is 1.85. The van der Waals surface area contributed by atoms with E-state index >= 15 is 0 Å². The lowest BCUT2D eigenvalue weighted by atomic mass is 10.4. The maximum absolute atomic E-state index is 3.49. The van der Waals surface area contributed by atoms with Crippen LogP contribution in [0.1, 0.15) is 0 Å². The summed E-state index contributed by atoms with van der Waals surface area (Å²) in [7, 11) is -1.37. The predicted molar refractivity (Wildman–Crippen MR) is 61.0 cm³/mol. The highest BCUT2D eigenvalue weighted by atomic mass is 32.1. The first-order valence-electron chi connectivity index (χ1n) is 4.02. The highest BCUT2D eigenvalue weighted by molar-refractivity contribution is 7.89. The smallest absolute Gasteiger partial charge is 0.145 e. The average molecular weight is 194 g/mol. The molecule has 1 rings (SSSR count). The molecule has 64 valence electrons. The van der Waals surface area contributed by atoms with Crippen molar-refractivity contribution in [1.29, 1.82) is 0 Å². The topological polar surface area (TPSA) is 0 Å². The van der Waals surface area contributed by atoms with E-state index in [4.69, 9.17) is 0 Å². The zero-order valence-corrected chi connectivity index (χ0v) is 9.61. The summed E-state index contributed by atoms with van der Waals surface area (Å²) in [5.41, 5.74) is 0. The van der Waals surface area contributed by atoms with Crippen molar-refractivity contribution in [3.63, 3.8) is 0 Å². The molecule has 0 saturated carbocycles. The summed E-state index contributed by atoms with van der Waals surface area (Å²) in [5, 5.41) is 1.46. The molecule has 1 aromatic rings. The van der Waals surface area contributed by atoms with Crippen molar-refractivity contribution in [2.24, 2.45) is 0 Å². The van der Waals surface area contributed by atoms with Gasteiger partial charge in [0.15, 0.2) is 8.07 Å². The van der Waals surface area contributed by atoms with Crippen LogP contribution in [0.25, 0.3) is 0 Å². The van der Waals surface area contributed by atoms with E-state index in [1.165, 1.54) is 5.19 Å². The van der Waals surface area contributed by atoms with Crippen molar-refractivity contribution >= 4 is 24.4 Å². The van der Waals surface area contributed by atoms with Crippen LogP contribution in [0.4, 0.5) is 0 Å². The molecule has 2 heteroatoms. The maximum Gasteiger partial charge on any atom is 0.165 e. The standard InChI is InChI=1S/C10H14SSi/c1-11-9-12(2,3)10-7-5-4-6-8-10/h4-8H,1-3H3. The molecule has 0 aliphatic rings. The largest absolute Gasteiger partial charge is 0.165 e. The van der Waals surface area contributed by atoms with Gasteiger partial charge in [-0.05, 0) is 5.19 Å². The summed E-state index contributed by atoms with van der Waals surface area (Å²) < 4.78 is 0. The van der Waals surface area contributed by atoms with E-state index in [0.29, 0.717) is 0 Å². The Morgan fingerprint density at radius 1 is 1.17 bits per heavy atom. The van der Waals surface area contributed by atoms with E-state index < -0.39 is 8.07 Å². The molecule has 0 nitrogen and oxygen atoms in total. The van der Waals surface area contributed by atoms with Crippen LogP contribution in [0.15, 0.2) is 30.3 Å². The zero-order chi connectivity index (χ0) is 9.03. The molecule has 0 aliphatic heterocycles. The number of hydrogen-bond acceptors (Lipinski definition) is 0. The van der Waals surface area contributed by atoms with Gasteiger partial charge in [0.25, 0.3) is 0 Å². The lowest BCUT2D eigenvalue weighted by molar-refractivity contribution is 1.72. The molecule has 0 saturated heterocycles. The second-order valence-electron chi connectivity index (χ2n) is 3.30. The molecule has 0 fully saturated rings. The Kier molecular flexibility index (Phi) is 3.10. The first kappa shape index (κ1) is 9.52. The Hall–Kier alpha value is -0.563. The summed E-state index contributed by atoms with van der Waals surface area (Å²) in [6.07, 6.45) is 2.08. The lowest BCUT2D eigenvalue weighted by Gasteiger charge is -2.14. The Bertz CT molecular complexity index is 306. The quantitative estimate of drug-likeness (QED) is 0.603. The summed E-state index contributed by atoms with van der Waals surface area (Å²) in [6.45, 7) is 4.64. The van der Waals surface area contributed by atoms with Crippen LogP contribution in [0, 0.1) is 4.81 Å². The van der Waals surface area contributed by atoms with Crippen molar-refractivity contribution in [2.45, 2.75) is 13.1 Å². The molecule has 12 heavy (non-hydrogen) atoms. The van der Waals surface area contributed by atoms with Gasteiger partial charge in [-0.2, -0.15) is 0 Å². The predicted octanol–water partition coefficient (Wildman–Crippen LogP) is 2.46. The van der Waals surface area contributed by atoms with Gasteiger partial charge in [0.05, 0.1) is 0 Å². The van der Waals surface area contributed by atoms with Crippen LogP contribution >= 0.6 is 11.2 Å². The van der Waals surface area contributed by atoms with Gasteiger partial charge < -0.3 is 0 Å². The van der Waals surface area contributed by atoms with Crippen LogP contribution in [-0.2, 0) is 0 Å². The highest BCUT2D eigenvalue weighted by Gasteiger charge is 2.19. The Morgan fingerprint density at radius 3 is 2.25 bits per heavy atom. The molecule has 0 radical (unpaired) electrons. The molecule has 0 unspecified atom stereocenters. The van der Waals surface area contributed by atoms with Crippen LogP contribution in [0.5, 0.6) is 0 Å². The molecule has 0 heterocycles. The zero-order valence-electron chi connectivity index (χ0n) is 7.79. The summed E-state index contributed by atoms with van der Waals surface area (Å²) in [5.74, 6) is 0. The Labute approximate surface area is 79.2 Å². The molecule has 0 bridgehead atoms. The molecule has 0 amide bonds. The third kappa shape index (κ3) is 2.21. The van der Waals surface area contributed by atoms with Crippen LogP contribution in [0.2, 0.25) is 13.1 Å². The third-order valence-corrected chi connectivity index (χ3v) is 6.49. The fraction of sp³-hybridized carbons (Fsp3) is 0.300. The first-order valence-corrected chi connectivity index (χ1v) is 8.25. The van der Waals surface area contributed by atoms with E-state index in [2.05, 4.69) is 54.5 Å². The fourth-order valence-corrected chi connectivity index (χ4v) is 4.71. The van der Waals surface area contributed by atoms with Crippen molar-refractivity contribution in [2.75, 3.05) is 6.26 Å². The van der Waals surface area contributed by atoms with Gasteiger partial charge in [0.1, 0.15) is 0 Å². The molecule has 0 aliphatic carbocycles. The van der Waals surface area contributed by atoms with Gasteiger partial charge in [-0.3, -0.25) is 0 Å². The normalized spacial score (nSPS) is 10.6. The van der Waals surface area contributed by atoms with Gasteiger partial charge in [-0.25, -0.2) is 0 Å². The minimum absolute atomic E-state index is 1.37. The number of benzene rings is 1. The minimum atomic E-state index is -1.37. The Balaban J connectivity index is 3.03. The second kappa shape index (κ2) is 3.90. The van der Waals surface area contributed by atoms with E-state index in [1.807, 2.05) is 0 Å². The fourth-order valence-electron chi connectivity index (χ4n) is 1.17. The van der Waals surface area contributed by atoms with Gasteiger partial charge >= 0.3 is 0 Å². The summed E-state index contributed by atoms with van der Waals surface area (Å²) in [4.78, 5) is 3.49. The van der Waals surface area contributed by atoms with Crippen molar-refractivity contribution in [1.82, 2.24) is 0 Å². The molecule has 0 spiro atoms. The van der Waals surface area contributed by atoms with Crippen molar-refractivity contribution in [3.8, 4) is 4.81 Å². The van der Waals surface area contributed by atoms with Gasteiger partial charge in [0.2, 0.25) is 0 Å². The van der Waals surface area contributed by atoms with E-state index in [1.54, 1.807) is 11.2 Å². The minimum Gasteiger partial charge on any atom is -0.145 e. The Morgan fingerprint density at radius 2 is 1.75 bits per heavy atom. The monoisotopic (exact) mass is 194 g/mol. The molecular formula is C10H14SSi. The molecular weight excluding hydrogens is 180 g/mol. The summed E-state index contributed by atoms with van der Waals surface area (Å²) >= 11 is 1.72. The molecule has 0 aromatic heterocycles. The van der Waals surface area contributed by atoms with E-state index in [-0.39, 0.29) is 0 Å². The van der Waals surface area contributed by atoms with Crippen LogP contribution in [0.3, 0.4) is 0 Å². The van der Waals surface area contributed by atoms with Crippen LogP contribution < -0.4 is 5.19 Å². The lowest BCUT2D eigenvalue weighted by Crippen LogP contribution is -2.39. The van der Waals surface area contributed by atoms with Crippen LogP contribution in [-0.4, -0.2) is 14.3 Å². The van der Waals surface area contributed by atoms with E-state index in [0.717, 1.165) is 0 Å². The molecule has 0 atom stereocenters. The molecule has 0 N–H and O–H groups in total. The number of hydrogen-bond donors (Lipinski definition) is 0. The average Bonchev–Trinajstić information content (AvgIpc) is 2.06. The first-order chi connectivity index (χ1) is 5.67. The van der Waals surface area contributed by atoms with Crippen molar-refractivity contribution in [3.05, 3.63) is 30.3 Å². The van der Waals surface area contributed by atoms with Gasteiger partial charge in [-0.15, -0.1) is 16.0 Å².